The third-order valence-electron chi connectivity index (χ3n) is 3.78. The molecule has 1 unspecified atom stereocenters. The van der Waals surface area contributed by atoms with Gasteiger partial charge in [-0.1, -0.05) is 19.8 Å². The molecule has 0 aromatic carbocycles. The van der Waals surface area contributed by atoms with Crippen molar-refractivity contribution in [3.05, 3.63) is 17.8 Å². The predicted molar refractivity (Wildman–Crippen MR) is 66.6 cm³/mol. The van der Waals surface area contributed by atoms with Crippen LogP contribution in [0.5, 0.6) is 5.88 Å². The molecule has 1 saturated carbocycles. The van der Waals surface area contributed by atoms with E-state index >= 15 is 0 Å². The maximum atomic E-state index is 6.26. The quantitative estimate of drug-likeness (QED) is 0.873. The first-order valence-electron chi connectivity index (χ1n) is 6.34. The number of nitrogens with zero attached hydrogens (tertiary/aromatic N) is 2. The van der Waals surface area contributed by atoms with Gasteiger partial charge in [0.25, 0.3) is 0 Å². The summed E-state index contributed by atoms with van der Waals surface area (Å²) in [6.45, 7) is 2.31. The minimum Gasteiger partial charge on any atom is -0.480 e. The Morgan fingerprint density at radius 1 is 1.24 bits per heavy atom. The van der Waals surface area contributed by atoms with Gasteiger partial charge in [0.2, 0.25) is 5.88 Å². The van der Waals surface area contributed by atoms with Crippen LogP contribution in [0.2, 0.25) is 0 Å². The summed E-state index contributed by atoms with van der Waals surface area (Å²) in [5.41, 5.74) is 7.14. The summed E-state index contributed by atoms with van der Waals surface area (Å²) in [7, 11) is 1.59. The van der Waals surface area contributed by atoms with Crippen LogP contribution in [0.4, 0.5) is 0 Å². The van der Waals surface area contributed by atoms with E-state index in [9.17, 15) is 0 Å². The van der Waals surface area contributed by atoms with Gasteiger partial charge in [-0.05, 0) is 30.7 Å². The predicted octanol–water partition coefficient (Wildman–Crippen LogP) is 2.31. The van der Waals surface area contributed by atoms with E-state index in [1.807, 2.05) is 12.1 Å². The average Bonchev–Trinajstić information content (AvgIpc) is 2.39. The van der Waals surface area contributed by atoms with Gasteiger partial charge in [-0.3, -0.25) is 0 Å². The molecule has 0 bridgehead atoms. The van der Waals surface area contributed by atoms with Crippen molar-refractivity contribution in [1.29, 1.82) is 0 Å². The van der Waals surface area contributed by atoms with Crippen molar-refractivity contribution in [1.82, 2.24) is 10.2 Å². The number of aromatic nitrogens is 2. The standard InChI is InChI=1S/C13H21N3O/c1-9-3-5-10(6-4-9)13(14)11-7-8-12(17-2)16-15-11/h7-10,13H,3-6,14H2,1-2H3. The fourth-order valence-corrected chi connectivity index (χ4v) is 2.50. The van der Waals surface area contributed by atoms with E-state index in [4.69, 9.17) is 10.5 Å². The largest absolute Gasteiger partial charge is 0.480 e. The van der Waals surface area contributed by atoms with E-state index in [-0.39, 0.29) is 6.04 Å². The highest BCUT2D eigenvalue weighted by molar-refractivity contribution is 5.14. The fraction of sp³-hybridized carbons (Fsp3) is 0.692. The number of methoxy groups -OCH3 is 1. The molecule has 0 amide bonds. The summed E-state index contributed by atoms with van der Waals surface area (Å²) in [4.78, 5) is 0. The molecule has 2 N–H and O–H groups in total. The van der Waals surface area contributed by atoms with E-state index in [0.717, 1.165) is 11.6 Å². The maximum Gasteiger partial charge on any atom is 0.233 e. The number of hydrogen-bond donors (Lipinski definition) is 1. The number of hydrogen-bond acceptors (Lipinski definition) is 4. The summed E-state index contributed by atoms with van der Waals surface area (Å²) < 4.78 is 4.99. The van der Waals surface area contributed by atoms with Crippen LogP contribution >= 0.6 is 0 Å². The molecular weight excluding hydrogens is 214 g/mol. The van der Waals surface area contributed by atoms with Gasteiger partial charge in [0, 0.05) is 6.07 Å². The minimum absolute atomic E-state index is 0.0147. The zero-order valence-corrected chi connectivity index (χ0v) is 10.6. The van der Waals surface area contributed by atoms with Crippen molar-refractivity contribution in [2.45, 2.75) is 38.6 Å². The first-order valence-corrected chi connectivity index (χ1v) is 6.34. The number of ether oxygens (including phenoxy) is 1. The van der Waals surface area contributed by atoms with E-state index in [2.05, 4.69) is 17.1 Å². The molecule has 17 heavy (non-hydrogen) atoms. The van der Waals surface area contributed by atoms with Gasteiger partial charge in [-0.25, -0.2) is 0 Å². The van der Waals surface area contributed by atoms with Crippen LogP contribution in [-0.4, -0.2) is 17.3 Å². The Labute approximate surface area is 103 Å². The van der Waals surface area contributed by atoms with Crippen LogP contribution < -0.4 is 10.5 Å². The second-order valence-corrected chi connectivity index (χ2v) is 5.05. The maximum absolute atomic E-state index is 6.26. The fourth-order valence-electron chi connectivity index (χ4n) is 2.50. The molecule has 1 aliphatic carbocycles. The van der Waals surface area contributed by atoms with Crippen LogP contribution in [0.1, 0.15) is 44.3 Å². The second-order valence-electron chi connectivity index (χ2n) is 5.05. The number of nitrogens with two attached hydrogens (primary N) is 1. The van der Waals surface area contributed by atoms with Crippen molar-refractivity contribution in [3.63, 3.8) is 0 Å². The molecule has 4 heteroatoms. The SMILES string of the molecule is COc1ccc(C(N)C2CCC(C)CC2)nn1. The zero-order chi connectivity index (χ0) is 12.3. The topological polar surface area (TPSA) is 61.0 Å². The van der Waals surface area contributed by atoms with Crippen LogP contribution in [0.15, 0.2) is 12.1 Å². The Kier molecular flexibility index (Phi) is 3.94. The summed E-state index contributed by atoms with van der Waals surface area (Å²) in [6, 6.07) is 3.77. The Balaban J connectivity index is 2.00. The van der Waals surface area contributed by atoms with Gasteiger partial charge in [-0.15, -0.1) is 5.10 Å². The van der Waals surface area contributed by atoms with E-state index in [1.54, 1.807) is 7.11 Å². The third-order valence-corrected chi connectivity index (χ3v) is 3.78. The molecule has 2 rings (SSSR count). The van der Waals surface area contributed by atoms with Gasteiger partial charge in [0.15, 0.2) is 0 Å². The first kappa shape index (κ1) is 12.3. The lowest BCUT2D eigenvalue weighted by molar-refractivity contribution is 0.252. The lowest BCUT2D eigenvalue weighted by Crippen LogP contribution is -2.26. The molecule has 0 radical (unpaired) electrons. The molecule has 1 heterocycles. The molecule has 1 atom stereocenters. The molecule has 0 saturated heterocycles. The summed E-state index contributed by atoms with van der Waals surface area (Å²) in [5, 5.41) is 8.12. The van der Waals surface area contributed by atoms with Crippen molar-refractivity contribution >= 4 is 0 Å². The van der Waals surface area contributed by atoms with E-state index < -0.39 is 0 Å². The zero-order valence-electron chi connectivity index (χ0n) is 10.6. The van der Waals surface area contributed by atoms with Gasteiger partial charge >= 0.3 is 0 Å². The molecule has 1 fully saturated rings. The van der Waals surface area contributed by atoms with Crippen molar-refractivity contribution < 1.29 is 4.74 Å². The Morgan fingerprint density at radius 2 is 1.94 bits per heavy atom. The molecule has 0 spiro atoms. The smallest absolute Gasteiger partial charge is 0.233 e. The molecule has 1 aromatic rings. The van der Waals surface area contributed by atoms with Gasteiger partial charge in [0.05, 0.1) is 18.8 Å². The summed E-state index contributed by atoms with van der Waals surface area (Å²) in [6.07, 6.45) is 4.97. The van der Waals surface area contributed by atoms with Crippen LogP contribution in [0, 0.1) is 11.8 Å². The van der Waals surface area contributed by atoms with Crippen molar-refractivity contribution in [2.24, 2.45) is 17.6 Å². The van der Waals surface area contributed by atoms with E-state index in [0.29, 0.717) is 11.8 Å². The van der Waals surface area contributed by atoms with Gasteiger partial charge in [0.1, 0.15) is 0 Å². The monoisotopic (exact) mass is 235 g/mol. The lowest BCUT2D eigenvalue weighted by Gasteiger charge is -2.30. The molecular formula is C13H21N3O. The molecule has 1 aromatic heterocycles. The van der Waals surface area contributed by atoms with Gasteiger partial charge < -0.3 is 10.5 Å². The minimum atomic E-state index is 0.0147. The third kappa shape index (κ3) is 2.94. The Morgan fingerprint density at radius 3 is 2.47 bits per heavy atom. The Hall–Kier alpha value is -1.16. The van der Waals surface area contributed by atoms with E-state index in [1.165, 1.54) is 25.7 Å². The summed E-state index contributed by atoms with van der Waals surface area (Å²) >= 11 is 0. The van der Waals surface area contributed by atoms with Crippen LogP contribution in [0.25, 0.3) is 0 Å². The molecule has 4 nitrogen and oxygen atoms in total. The van der Waals surface area contributed by atoms with Crippen LogP contribution in [-0.2, 0) is 0 Å². The highest BCUT2D eigenvalue weighted by atomic mass is 16.5. The highest BCUT2D eigenvalue weighted by Gasteiger charge is 2.25. The second kappa shape index (κ2) is 5.45. The number of rotatable bonds is 3. The molecule has 1 aliphatic rings. The van der Waals surface area contributed by atoms with Crippen molar-refractivity contribution in [2.75, 3.05) is 7.11 Å². The highest BCUT2D eigenvalue weighted by Crippen LogP contribution is 2.34. The summed E-state index contributed by atoms with van der Waals surface area (Å²) in [5.74, 6) is 1.94. The molecule has 94 valence electrons. The first-order chi connectivity index (χ1) is 8.20. The average molecular weight is 235 g/mol. The Bertz CT molecular complexity index is 344. The lowest BCUT2D eigenvalue weighted by atomic mass is 9.78. The van der Waals surface area contributed by atoms with Gasteiger partial charge in [-0.2, -0.15) is 5.10 Å². The van der Waals surface area contributed by atoms with Crippen LogP contribution in [0.3, 0.4) is 0 Å². The van der Waals surface area contributed by atoms with Crippen molar-refractivity contribution in [3.8, 4) is 5.88 Å². The normalized spacial score (nSPS) is 26.5. The molecule has 0 aliphatic heterocycles.